The predicted octanol–water partition coefficient (Wildman–Crippen LogP) is -1.36. The summed E-state index contributed by atoms with van der Waals surface area (Å²) in [5, 5.41) is 51.7. The van der Waals surface area contributed by atoms with Crippen molar-refractivity contribution < 1.29 is 54.0 Å². The molecule has 3 aliphatic carbocycles. The zero-order valence-corrected chi connectivity index (χ0v) is 18.4. The van der Waals surface area contributed by atoms with Crippen LogP contribution in [0.25, 0.3) is 0 Å². The molecule has 34 heavy (non-hydrogen) atoms. The number of carbonyl (C=O) groups excluding carboxylic acids is 1. The average molecular weight is 480 g/mol. The number of aliphatic hydroxyl groups excluding tert-OH is 4. The fourth-order valence-electron chi connectivity index (χ4n) is 6.87. The average Bonchev–Trinajstić information content (AvgIpc) is 3.00. The van der Waals surface area contributed by atoms with E-state index in [2.05, 4.69) is 0 Å². The van der Waals surface area contributed by atoms with Crippen LogP contribution in [0.5, 0.6) is 0 Å². The van der Waals surface area contributed by atoms with Crippen molar-refractivity contribution in [2.24, 2.45) is 11.3 Å². The van der Waals surface area contributed by atoms with Crippen LogP contribution in [0.4, 0.5) is 0 Å². The van der Waals surface area contributed by atoms with Gasteiger partial charge in [-0.3, -0.25) is 0 Å². The maximum Gasteiger partial charge on any atom is 0.338 e. The molecule has 11 nitrogen and oxygen atoms in total. The van der Waals surface area contributed by atoms with Gasteiger partial charge in [0.15, 0.2) is 18.4 Å². The molecule has 11 atom stereocenters. The van der Waals surface area contributed by atoms with Crippen LogP contribution in [-0.4, -0.2) is 98.7 Å². The van der Waals surface area contributed by atoms with Gasteiger partial charge in [0.25, 0.3) is 0 Å². The number of esters is 1. The summed E-state index contributed by atoms with van der Waals surface area (Å²) < 4.78 is 29.7. The molecule has 0 spiro atoms. The Morgan fingerprint density at radius 2 is 1.85 bits per heavy atom. The molecule has 6 bridgehead atoms. The van der Waals surface area contributed by atoms with Gasteiger partial charge in [-0.2, -0.15) is 0 Å². The van der Waals surface area contributed by atoms with Gasteiger partial charge in [-0.25, -0.2) is 4.79 Å². The molecule has 8 rings (SSSR count). The third-order valence-electron chi connectivity index (χ3n) is 8.57. The molecular weight excluding hydrogens is 452 g/mol. The molecule has 3 saturated carbocycles. The Kier molecular flexibility index (Phi) is 4.81. The molecule has 0 unspecified atom stereocenters. The molecule has 7 aliphatic rings. The van der Waals surface area contributed by atoms with Crippen molar-refractivity contribution in [3.8, 4) is 0 Å². The second-order valence-corrected chi connectivity index (χ2v) is 10.2. The van der Waals surface area contributed by atoms with E-state index in [-0.39, 0.29) is 19.4 Å². The summed E-state index contributed by atoms with van der Waals surface area (Å²) in [6.07, 6.45) is -7.87. The first-order valence-corrected chi connectivity index (χ1v) is 11.4. The Balaban J connectivity index is 1.32. The summed E-state index contributed by atoms with van der Waals surface area (Å²) >= 11 is 0. The van der Waals surface area contributed by atoms with Crippen LogP contribution < -0.4 is 0 Å². The largest absolute Gasteiger partial charge is 0.461 e. The van der Waals surface area contributed by atoms with E-state index in [0.717, 1.165) is 0 Å². The highest BCUT2D eigenvalue weighted by molar-refractivity contribution is 5.89. The summed E-state index contributed by atoms with van der Waals surface area (Å²) in [7, 11) is 0. The van der Waals surface area contributed by atoms with Gasteiger partial charge in [0.05, 0.1) is 17.6 Å². The summed E-state index contributed by atoms with van der Waals surface area (Å²) in [4.78, 5) is 12.7. The lowest BCUT2D eigenvalue weighted by Crippen LogP contribution is -2.80. The lowest BCUT2D eigenvalue weighted by Gasteiger charge is -2.67. The summed E-state index contributed by atoms with van der Waals surface area (Å²) in [5.41, 5.74) is -2.99. The number of rotatable bonds is 6. The zero-order chi connectivity index (χ0) is 24.1. The van der Waals surface area contributed by atoms with E-state index in [1.54, 1.807) is 37.3 Å². The normalized spacial score (nSPS) is 52.5. The highest BCUT2D eigenvalue weighted by atomic mass is 16.8. The molecule has 0 amide bonds. The summed E-state index contributed by atoms with van der Waals surface area (Å²) in [6.45, 7) is 0.985. The molecule has 4 saturated heterocycles. The Bertz CT molecular complexity index is 988. The molecule has 11 heteroatoms. The highest BCUT2D eigenvalue weighted by Crippen LogP contribution is 2.81. The number of carbonyl (C=O) groups is 1. The Labute approximate surface area is 194 Å². The topological polar surface area (TPSA) is 164 Å². The van der Waals surface area contributed by atoms with Gasteiger partial charge in [0, 0.05) is 12.3 Å². The molecule has 0 radical (unpaired) electrons. The van der Waals surface area contributed by atoms with E-state index in [1.807, 2.05) is 0 Å². The molecule has 5 N–H and O–H groups in total. The molecule has 1 aromatic rings. The number of hydrogen-bond acceptors (Lipinski definition) is 11. The van der Waals surface area contributed by atoms with Crippen LogP contribution >= 0.6 is 0 Å². The van der Waals surface area contributed by atoms with Crippen LogP contribution in [0.3, 0.4) is 0 Å². The van der Waals surface area contributed by atoms with Gasteiger partial charge in [-0.15, -0.1) is 0 Å². The van der Waals surface area contributed by atoms with E-state index in [4.69, 9.17) is 23.7 Å². The first kappa shape index (κ1) is 22.8. The molecule has 4 heterocycles. The molecule has 7 fully saturated rings. The SMILES string of the molecule is C[C@@]12C[C@@]3(O)O[C@@H](O1)[C@]1(COC(=O)c4ccccc4)[C@H]3C[C@@]12O[C@@H]1O[C@H](CO)[C@H](O)[C@H](O)[C@H]1O. The third kappa shape index (κ3) is 2.59. The Hall–Kier alpha value is -1.67. The fourth-order valence-corrected chi connectivity index (χ4v) is 6.87. The number of benzene rings is 1. The lowest BCUT2D eigenvalue weighted by molar-refractivity contribution is -0.424. The van der Waals surface area contributed by atoms with E-state index < -0.39 is 77.9 Å². The standard InChI is InChI=1S/C23H28O11/c1-20-9-22(29)13-7-23(20,32-18-16(27)15(26)14(25)12(8-24)31-18)21(13,19(33-20)34-22)10-30-17(28)11-5-3-2-4-6-11/h2-6,12-16,18-19,24-27,29H,7-10H2,1H3/t12-,13-,14+,15+,16-,18+,19-,20+,21+,22-,23+/m1/s1. The zero-order valence-electron chi connectivity index (χ0n) is 18.4. The minimum absolute atomic E-state index is 0.0902. The van der Waals surface area contributed by atoms with Crippen molar-refractivity contribution >= 4 is 5.97 Å². The van der Waals surface area contributed by atoms with Gasteiger partial charge in [0.1, 0.15) is 42.2 Å². The van der Waals surface area contributed by atoms with E-state index >= 15 is 0 Å². The summed E-state index contributed by atoms with van der Waals surface area (Å²) in [5.74, 6) is -2.49. The lowest BCUT2D eigenvalue weighted by atomic mass is 9.41. The fraction of sp³-hybridized carbons (Fsp3) is 0.696. The van der Waals surface area contributed by atoms with Crippen molar-refractivity contribution in [1.29, 1.82) is 0 Å². The minimum atomic E-state index is -1.61. The minimum Gasteiger partial charge on any atom is -0.461 e. The van der Waals surface area contributed by atoms with Gasteiger partial charge < -0.3 is 49.2 Å². The maximum absolute atomic E-state index is 12.7. The number of ether oxygens (including phenoxy) is 5. The van der Waals surface area contributed by atoms with Crippen molar-refractivity contribution in [3.05, 3.63) is 35.9 Å². The maximum atomic E-state index is 12.7. The molecule has 186 valence electrons. The first-order valence-electron chi connectivity index (χ1n) is 11.4. The van der Waals surface area contributed by atoms with Crippen LogP contribution in [0.1, 0.15) is 30.1 Å². The Morgan fingerprint density at radius 3 is 2.56 bits per heavy atom. The van der Waals surface area contributed by atoms with Crippen molar-refractivity contribution in [2.45, 2.75) is 73.8 Å². The molecular formula is C23H28O11. The third-order valence-corrected chi connectivity index (χ3v) is 8.57. The predicted molar refractivity (Wildman–Crippen MR) is 109 cm³/mol. The van der Waals surface area contributed by atoms with Crippen LogP contribution in [-0.2, 0) is 23.7 Å². The highest BCUT2D eigenvalue weighted by Gasteiger charge is 2.94. The summed E-state index contributed by atoms with van der Waals surface area (Å²) in [6, 6.07) is 8.47. The molecule has 4 aliphatic heterocycles. The van der Waals surface area contributed by atoms with E-state index in [9.17, 15) is 30.3 Å². The first-order chi connectivity index (χ1) is 16.1. The quantitative estimate of drug-likeness (QED) is 0.306. The number of aliphatic hydroxyl groups is 5. The Morgan fingerprint density at radius 1 is 1.12 bits per heavy atom. The smallest absolute Gasteiger partial charge is 0.338 e. The van der Waals surface area contributed by atoms with Crippen molar-refractivity contribution in [1.82, 2.24) is 0 Å². The van der Waals surface area contributed by atoms with Gasteiger partial charge in [0.2, 0.25) is 0 Å². The number of hydrogen-bond donors (Lipinski definition) is 5. The van der Waals surface area contributed by atoms with Gasteiger partial charge in [-0.1, -0.05) is 18.2 Å². The van der Waals surface area contributed by atoms with Gasteiger partial charge >= 0.3 is 5.97 Å². The van der Waals surface area contributed by atoms with Crippen LogP contribution in [0.15, 0.2) is 30.3 Å². The van der Waals surface area contributed by atoms with Crippen molar-refractivity contribution in [2.75, 3.05) is 13.2 Å². The van der Waals surface area contributed by atoms with Crippen LogP contribution in [0.2, 0.25) is 0 Å². The monoisotopic (exact) mass is 480 g/mol. The van der Waals surface area contributed by atoms with Gasteiger partial charge in [-0.05, 0) is 25.5 Å². The second-order valence-electron chi connectivity index (χ2n) is 10.2. The van der Waals surface area contributed by atoms with Crippen LogP contribution in [0, 0.1) is 11.3 Å². The molecule has 1 aromatic carbocycles. The van der Waals surface area contributed by atoms with Crippen molar-refractivity contribution in [3.63, 3.8) is 0 Å². The van der Waals surface area contributed by atoms with E-state index in [1.165, 1.54) is 0 Å². The second kappa shape index (κ2) is 7.19. The molecule has 0 aromatic heterocycles. The van der Waals surface area contributed by atoms with E-state index in [0.29, 0.717) is 5.56 Å².